The van der Waals surface area contributed by atoms with Crippen LogP contribution in [-0.2, 0) is 14.8 Å². The number of halogens is 1. The largest absolute Gasteiger partial charge is 0.283 e. The maximum absolute atomic E-state index is 13.9. The highest BCUT2D eigenvalue weighted by molar-refractivity contribution is 7.90. The Labute approximate surface area is 150 Å². The van der Waals surface area contributed by atoms with E-state index in [0.717, 1.165) is 0 Å². The van der Waals surface area contributed by atoms with Crippen LogP contribution in [0.4, 0.5) is 4.39 Å². The summed E-state index contributed by atoms with van der Waals surface area (Å²) >= 11 is 0. The number of hydrogen-bond acceptors (Lipinski definition) is 5. The normalized spacial score (nSPS) is 16.8. The molecule has 1 N–H and O–H groups in total. The number of carbonyl (C=O) groups is 1. The molecule has 1 amide bonds. The van der Waals surface area contributed by atoms with Gasteiger partial charge in [-0.2, -0.15) is 0 Å². The van der Waals surface area contributed by atoms with Crippen molar-refractivity contribution in [3.05, 3.63) is 71.4 Å². The Bertz CT molecular complexity index is 1050. The van der Waals surface area contributed by atoms with Crippen LogP contribution in [0, 0.1) is 18.7 Å². The van der Waals surface area contributed by atoms with E-state index in [-0.39, 0.29) is 27.9 Å². The third-order valence-electron chi connectivity index (χ3n) is 3.92. The zero-order valence-corrected chi connectivity index (χ0v) is 14.9. The van der Waals surface area contributed by atoms with Crippen LogP contribution in [0.2, 0.25) is 0 Å². The van der Waals surface area contributed by atoms with Gasteiger partial charge in [0.2, 0.25) is 0 Å². The molecule has 8 heteroatoms. The number of pyridine rings is 1. The molecule has 6 nitrogen and oxygen atoms in total. The van der Waals surface area contributed by atoms with Crippen molar-refractivity contribution >= 4 is 21.6 Å². The lowest BCUT2D eigenvalue weighted by molar-refractivity contribution is -0.115. The fourth-order valence-corrected chi connectivity index (χ4v) is 3.85. The molecule has 1 unspecified atom stereocenters. The predicted molar refractivity (Wildman–Crippen MR) is 94.5 cm³/mol. The van der Waals surface area contributed by atoms with Crippen LogP contribution in [0.3, 0.4) is 0 Å². The van der Waals surface area contributed by atoms with Crippen LogP contribution in [0.1, 0.15) is 18.2 Å². The standard InChI is InChI=1S/C18H16FN3O3S/c1-11-6-3-4-8-15(11)26(24,25)22-18(23)14-10-12(2)16(21-14)17-13(19)7-5-9-20-17/h3-10,12H,1-2H3,(H,22,23). The molecule has 0 bridgehead atoms. The quantitative estimate of drug-likeness (QED) is 0.891. The van der Waals surface area contributed by atoms with Gasteiger partial charge in [0.25, 0.3) is 15.9 Å². The van der Waals surface area contributed by atoms with Crippen molar-refractivity contribution in [2.24, 2.45) is 10.9 Å². The molecule has 0 aliphatic carbocycles. The number of carbonyl (C=O) groups excluding carboxylic acids is 1. The second kappa shape index (κ2) is 6.80. The van der Waals surface area contributed by atoms with E-state index in [2.05, 4.69) is 9.98 Å². The van der Waals surface area contributed by atoms with E-state index < -0.39 is 21.7 Å². The lowest BCUT2D eigenvalue weighted by Crippen LogP contribution is -2.31. The molecular weight excluding hydrogens is 357 g/mol. The number of hydrogen-bond donors (Lipinski definition) is 1. The number of amides is 1. The summed E-state index contributed by atoms with van der Waals surface area (Å²) in [5, 5.41) is 0. The molecule has 0 saturated carbocycles. The van der Waals surface area contributed by atoms with Gasteiger partial charge in [-0.1, -0.05) is 25.1 Å². The summed E-state index contributed by atoms with van der Waals surface area (Å²) in [6, 6.07) is 9.02. The van der Waals surface area contributed by atoms with Gasteiger partial charge in [-0.3, -0.25) is 9.78 Å². The maximum atomic E-state index is 13.9. The third-order valence-corrected chi connectivity index (χ3v) is 5.42. The highest BCUT2D eigenvalue weighted by Gasteiger charge is 2.28. The molecule has 1 aliphatic rings. The average Bonchev–Trinajstić information content (AvgIpc) is 2.97. The first kappa shape index (κ1) is 17.9. The number of aliphatic imine (C=N–C) groups is 1. The molecule has 1 aliphatic heterocycles. The zero-order chi connectivity index (χ0) is 18.9. The Morgan fingerprint density at radius 1 is 1.19 bits per heavy atom. The maximum Gasteiger partial charge on any atom is 0.283 e. The monoisotopic (exact) mass is 373 g/mol. The lowest BCUT2D eigenvalue weighted by Gasteiger charge is -2.08. The summed E-state index contributed by atoms with van der Waals surface area (Å²) in [5.41, 5.74) is 0.748. The first-order valence-electron chi connectivity index (χ1n) is 7.83. The van der Waals surface area contributed by atoms with Gasteiger partial charge < -0.3 is 0 Å². The molecule has 134 valence electrons. The lowest BCUT2D eigenvalue weighted by atomic mass is 10.0. The summed E-state index contributed by atoms with van der Waals surface area (Å²) < 4.78 is 40.8. The Balaban J connectivity index is 1.86. The summed E-state index contributed by atoms with van der Waals surface area (Å²) in [7, 11) is -4.03. The number of nitrogens with zero attached hydrogens (tertiary/aromatic N) is 2. The third kappa shape index (κ3) is 3.41. The van der Waals surface area contributed by atoms with Crippen LogP contribution in [-0.4, -0.2) is 25.0 Å². The van der Waals surface area contributed by atoms with Crippen LogP contribution < -0.4 is 4.72 Å². The van der Waals surface area contributed by atoms with Crippen LogP contribution in [0.15, 0.2) is 64.3 Å². The molecule has 0 fully saturated rings. The molecule has 26 heavy (non-hydrogen) atoms. The van der Waals surface area contributed by atoms with Crippen LogP contribution >= 0.6 is 0 Å². The fourth-order valence-electron chi connectivity index (χ4n) is 2.64. The zero-order valence-electron chi connectivity index (χ0n) is 14.1. The van der Waals surface area contributed by atoms with Gasteiger partial charge in [0.1, 0.15) is 11.4 Å². The summed E-state index contributed by atoms with van der Waals surface area (Å²) in [4.78, 5) is 20.4. The van der Waals surface area contributed by atoms with Crippen molar-refractivity contribution in [1.82, 2.24) is 9.71 Å². The molecule has 2 heterocycles. The second-order valence-electron chi connectivity index (χ2n) is 5.87. The molecule has 0 radical (unpaired) electrons. The minimum Gasteiger partial charge on any atom is -0.266 e. The molecule has 1 aromatic heterocycles. The molecule has 0 spiro atoms. The number of rotatable bonds is 4. The number of benzene rings is 1. The van der Waals surface area contributed by atoms with E-state index in [0.29, 0.717) is 5.56 Å². The first-order chi connectivity index (χ1) is 12.3. The van der Waals surface area contributed by atoms with Crippen molar-refractivity contribution in [3.8, 4) is 0 Å². The van der Waals surface area contributed by atoms with Crippen molar-refractivity contribution in [3.63, 3.8) is 0 Å². The van der Waals surface area contributed by atoms with Gasteiger partial charge in [0.15, 0.2) is 5.82 Å². The van der Waals surface area contributed by atoms with Gasteiger partial charge in [-0.15, -0.1) is 0 Å². The van der Waals surface area contributed by atoms with Gasteiger partial charge in [0.05, 0.1) is 10.6 Å². The van der Waals surface area contributed by atoms with E-state index in [1.54, 1.807) is 32.0 Å². The Kier molecular flexibility index (Phi) is 4.69. The molecule has 0 saturated heterocycles. The fraction of sp³-hybridized carbons (Fsp3) is 0.167. The number of nitrogens with one attached hydrogen (secondary N) is 1. The van der Waals surface area contributed by atoms with E-state index in [4.69, 9.17) is 0 Å². The second-order valence-corrected chi connectivity index (χ2v) is 7.52. The van der Waals surface area contributed by atoms with Gasteiger partial charge in [0, 0.05) is 12.1 Å². The Morgan fingerprint density at radius 3 is 2.62 bits per heavy atom. The van der Waals surface area contributed by atoms with Crippen LogP contribution in [0.25, 0.3) is 0 Å². The molecule has 3 rings (SSSR count). The van der Waals surface area contributed by atoms with Crippen LogP contribution in [0.5, 0.6) is 0 Å². The topological polar surface area (TPSA) is 88.5 Å². The van der Waals surface area contributed by atoms with Crippen molar-refractivity contribution < 1.29 is 17.6 Å². The van der Waals surface area contributed by atoms with Crippen molar-refractivity contribution in [2.45, 2.75) is 18.7 Å². The molecule has 2 aromatic rings. The van der Waals surface area contributed by atoms with Gasteiger partial charge in [-0.05, 0) is 36.8 Å². The Hall–Kier alpha value is -2.87. The summed E-state index contributed by atoms with van der Waals surface area (Å²) in [5.74, 6) is -1.80. The number of allylic oxidation sites excluding steroid dienone is 1. The SMILES string of the molecule is Cc1ccccc1S(=O)(=O)NC(=O)C1=CC(C)C(c2ncccc2F)=N1. The molecular formula is C18H16FN3O3S. The van der Waals surface area contributed by atoms with E-state index >= 15 is 0 Å². The number of aryl methyl sites for hydroxylation is 1. The molecule has 1 aromatic carbocycles. The van der Waals surface area contributed by atoms with E-state index in [1.165, 1.54) is 30.5 Å². The van der Waals surface area contributed by atoms with Gasteiger partial charge in [-0.25, -0.2) is 22.5 Å². The molecule has 1 atom stereocenters. The van der Waals surface area contributed by atoms with E-state index in [9.17, 15) is 17.6 Å². The van der Waals surface area contributed by atoms with Gasteiger partial charge >= 0.3 is 0 Å². The Morgan fingerprint density at radius 2 is 1.92 bits per heavy atom. The highest BCUT2D eigenvalue weighted by atomic mass is 32.2. The minimum absolute atomic E-state index is 0.0139. The summed E-state index contributed by atoms with van der Waals surface area (Å²) in [6.07, 6.45) is 2.90. The highest BCUT2D eigenvalue weighted by Crippen LogP contribution is 2.23. The predicted octanol–water partition coefficient (Wildman–Crippen LogP) is 2.36. The minimum atomic E-state index is -4.03. The summed E-state index contributed by atoms with van der Waals surface area (Å²) in [6.45, 7) is 3.36. The smallest absolute Gasteiger partial charge is 0.266 e. The number of aromatic nitrogens is 1. The van der Waals surface area contributed by atoms with Crippen molar-refractivity contribution in [1.29, 1.82) is 0 Å². The van der Waals surface area contributed by atoms with E-state index in [1.807, 2.05) is 4.72 Å². The number of sulfonamides is 1. The van der Waals surface area contributed by atoms with Crippen molar-refractivity contribution in [2.75, 3.05) is 0 Å². The average molecular weight is 373 g/mol. The first-order valence-corrected chi connectivity index (χ1v) is 9.32.